The van der Waals surface area contributed by atoms with Gasteiger partial charge in [0.15, 0.2) is 12.4 Å². The number of aryl methyl sites for hydroxylation is 2. The first-order valence-corrected chi connectivity index (χ1v) is 10.1. The van der Waals surface area contributed by atoms with Crippen LogP contribution in [0.1, 0.15) is 37.4 Å². The van der Waals surface area contributed by atoms with E-state index in [2.05, 4.69) is 21.2 Å². The number of ether oxygens (including phenoxy) is 1. The molecule has 1 amide bonds. The molecule has 0 spiro atoms. The molecule has 0 unspecified atom stereocenters. The van der Waals surface area contributed by atoms with Crippen molar-refractivity contribution in [1.29, 1.82) is 0 Å². The number of carbonyl (C=O) groups is 3. The number of hydrogen-bond donors (Lipinski definition) is 1. The van der Waals surface area contributed by atoms with E-state index < -0.39 is 18.5 Å². The van der Waals surface area contributed by atoms with Crippen LogP contribution in [-0.2, 0) is 9.53 Å². The molecule has 0 aliphatic carbocycles. The van der Waals surface area contributed by atoms with E-state index in [1.54, 1.807) is 36.4 Å². The molecule has 6 heteroatoms. The van der Waals surface area contributed by atoms with Gasteiger partial charge in [-0.05, 0) is 53.5 Å². The van der Waals surface area contributed by atoms with E-state index in [4.69, 9.17) is 4.74 Å². The second-order valence-corrected chi connectivity index (χ2v) is 7.70. The van der Waals surface area contributed by atoms with Crippen LogP contribution in [0, 0.1) is 13.8 Å². The van der Waals surface area contributed by atoms with E-state index >= 15 is 0 Å². The molecule has 0 bridgehead atoms. The van der Waals surface area contributed by atoms with Crippen molar-refractivity contribution in [3.05, 3.63) is 99.0 Å². The number of rotatable bonds is 6. The Balaban J connectivity index is 1.69. The van der Waals surface area contributed by atoms with Crippen LogP contribution in [0.15, 0.2) is 71.2 Å². The van der Waals surface area contributed by atoms with Crippen molar-refractivity contribution in [3.63, 3.8) is 0 Å². The lowest BCUT2D eigenvalue weighted by molar-refractivity contribution is -0.119. The van der Waals surface area contributed by atoms with Crippen LogP contribution < -0.4 is 5.32 Å². The number of carbonyl (C=O) groups excluding carboxylic acids is 3. The van der Waals surface area contributed by atoms with Crippen LogP contribution in [0.5, 0.6) is 0 Å². The fourth-order valence-corrected chi connectivity index (χ4v) is 3.43. The maximum Gasteiger partial charge on any atom is 0.339 e. The van der Waals surface area contributed by atoms with Gasteiger partial charge in [0.05, 0.1) is 11.3 Å². The molecular weight excluding hydrogens is 446 g/mol. The average Bonchev–Trinajstić information content (AvgIpc) is 2.74. The lowest BCUT2D eigenvalue weighted by Crippen LogP contribution is -2.22. The van der Waals surface area contributed by atoms with Crippen molar-refractivity contribution in [3.8, 4) is 0 Å². The highest BCUT2D eigenvalue weighted by Gasteiger charge is 2.20. The van der Waals surface area contributed by atoms with E-state index in [0.717, 1.165) is 15.6 Å². The average molecular weight is 466 g/mol. The number of nitrogens with one attached hydrogen (secondary N) is 1. The van der Waals surface area contributed by atoms with Crippen molar-refractivity contribution in [2.24, 2.45) is 0 Å². The van der Waals surface area contributed by atoms with Gasteiger partial charge in [-0.2, -0.15) is 0 Å². The summed E-state index contributed by atoms with van der Waals surface area (Å²) in [4.78, 5) is 37.6. The molecule has 0 aliphatic heterocycles. The summed E-state index contributed by atoms with van der Waals surface area (Å²) in [5, 5.41) is 2.68. The van der Waals surface area contributed by atoms with Gasteiger partial charge in [-0.15, -0.1) is 0 Å². The summed E-state index contributed by atoms with van der Waals surface area (Å²) in [7, 11) is 0. The van der Waals surface area contributed by atoms with E-state index in [-0.39, 0.29) is 16.9 Å². The number of anilines is 1. The maximum absolute atomic E-state index is 12.8. The van der Waals surface area contributed by atoms with Gasteiger partial charge in [0, 0.05) is 15.6 Å². The normalized spacial score (nSPS) is 10.4. The minimum absolute atomic E-state index is 0.118. The van der Waals surface area contributed by atoms with Crippen molar-refractivity contribution in [1.82, 2.24) is 0 Å². The molecule has 0 fully saturated rings. The summed E-state index contributed by atoms with van der Waals surface area (Å²) in [6.07, 6.45) is 0. The van der Waals surface area contributed by atoms with E-state index in [1.165, 1.54) is 6.07 Å². The number of benzene rings is 3. The first-order valence-electron chi connectivity index (χ1n) is 9.28. The van der Waals surface area contributed by atoms with Gasteiger partial charge in [0.25, 0.3) is 5.91 Å². The number of halogens is 1. The van der Waals surface area contributed by atoms with Crippen molar-refractivity contribution in [2.75, 3.05) is 11.9 Å². The molecule has 30 heavy (non-hydrogen) atoms. The van der Waals surface area contributed by atoms with Crippen molar-refractivity contribution >= 4 is 39.3 Å². The van der Waals surface area contributed by atoms with E-state index in [0.29, 0.717) is 11.3 Å². The van der Waals surface area contributed by atoms with E-state index in [1.807, 2.05) is 38.1 Å². The summed E-state index contributed by atoms with van der Waals surface area (Å²) < 4.78 is 5.89. The van der Waals surface area contributed by atoms with Crippen LogP contribution in [0.25, 0.3) is 0 Å². The smallest absolute Gasteiger partial charge is 0.339 e. The Bertz CT molecular complexity index is 1110. The minimum atomic E-state index is -0.732. The SMILES string of the molecule is Cc1ccc(C(=O)c2ccccc2C(=O)OCC(=O)Nc2ccc(C)cc2Br)cc1. The molecule has 3 aromatic rings. The van der Waals surface area contributed by atoms with Crippen LogP contribution in [0.4, 0.5) is 5.69 Å². The zero-order valence-electron chi connectivity index (χ0n) is 16.6. The standard InChI is InChI=1S/C24H20BrNO4/c1-15-7-10-17(11-8-15)23(28)18-5-3-4-6-19(18)24(29)30-14-22(27)26-21-12-9-16(2)13-20(21)25/h3-13H,14H2,1-2H3,(H,26,27). The molecule has 3 rings (SSSR count). The first-order chi connectivity index (χ1) is 14.3. The van der Waals surface area contributed by atoms with Gasteiger partial charge in [-0.3, -0.25) is 9.59 Å². The first kappa shape index (κ1) is 21.5. The summed E-state index contributed by atoms with van der Waals surface area (Å²) in [5.74, 6) is -1.49. The number of esters is 1. The summed E-state index contributed by atoms with van der Waals surface area (Å²) in [6, 6.07) is 19.0. The zero-order valence-corrected chi connectivity index (χ0v) is 18.2. The maximum atomic E-state index is 12.8. The van der Waals surface area contributed by atoms with Gasteiger partial charge in [-0.25, -0.2) is 4.79 Å². The lowest BCUT2D eigenvalue weighted by atomic mass is 9.98. The monoisotopic (exact) mass is 465 g/mol. The Morgan fingerprint density at radius 2 is 1.50 bits per heavy atom. The van der Waals surface area contributed by atoms with E-state index in [9.17, 15) is 14.4 Å². The molecule has 5 nitrogen and oxygen atoms in total. The topological polar surface area (TPSA) is 72.5 Å². The predicted octanol–water partition coefficient (Wildman–Crippen LogP) is 5.09. The quantitative estimate of drug-likeness (QED) is 0.406. The third kappa shape index (κ3) is 5.21. The van der Waals surface area contributed by atoms with Gasteiger partial charge in [0.1, 0.15) is 0 Å². The summed E-state index contributed by atoms with van der Waals surface area (Å²) in [5.41, 5.74) is 3.48. The molecule has 0 saturated carbocycles. The van der Waals surface area contributed by atoms with Crippen molar-refractivity contribution < 1.29 is 19.1 Å². The summed E-state index contributed by atoms with van der Waals surface area (Å²) >= 11 is 3.38. The van der Waals surface area contributed by atoms with Gasteiger partial charge < -0.3 is 10.1 Å². The molecule has 1 N–H and O–H groups in total. The van der Waals surface area contributed by atoms with Crippen molar-refractivity contribution in [2.45, 2.75) is 13.8 Å². The summed E-state index contributed by atoms with van der Waals surface area (Å²) in [6.45, 7) is 3.40. The third-order valence-electron chi connectivity index (χ3n) is 4.44. The highest BCUT2D eigenvalue weighted by atomic mass is 79.9. The highest BCUT2D eigenvalue weighted by Crippen LogP contribution is 2.23. The lowest BCUT2D eigenvalue weighted by Gasteiger charge is -2.11. The van der Waals surface area contributed by atoms with Gasteiger partial charge in [0.2, 0.25) is 0 Å². The van der Waals surface area contributed by atoms with Crippen LogP contribution in [0.2, 0.25) is 0 Å². The molecule has 0 radical (unpaired) electrons. The molecule has 0 aliphatic rings. The fourth-order valence-electron chi connectivity index (χ4n) is 2.84. The number of ketones is 1. The highest BCUT2D eigenvalue weighted by molar-refractivity contribution is 9.10. The second kappa shape index (κ2) is 9.50. The van der Waals surface area contributed by atoms with Crippen LogP contribution >= 0.6 is 15.9 Å². The molecular formula is C24H20BrNO4. The molecule has 0 aromatic heterocycles. The Hall–Kier alpha value is -3.25. The zero-order chi connectivity index (χ0) is 21.7. The number of hydrogen-bond acceptors (Lipinski definition) is 4. The minimum Gasteiger partial charge on any atom is -0.452 e. The largest absolute Gasteiger partial charge is 0.452 e. The molecule has 152 valence electrons. The van der Waals surface area contributed by atoms with Gasteiger partial charge >= 0.3 is 5.97 Å². The molecule has 0 atom stereocenters. The predicted molar refractivity (Wildman–Crippen MR) is 119 cm³/mol. The van der Waals surface area contributed by atoms with Gasteiger partial charge in [-0.1, -0.05) is 54.1 Å². The molecule has 3 aromatic carbocycles. The van der Waals surface area contributed by atoms with Crippen LogP contribution in [-0.4, -0.2) is 24.3 Å². The number of amides is 1. The fraction of sp³-hybridized carbons (Fsp3) is 0.125. The second-order valence-electron chi connectivity index (χ2n) is 6.85. The third-order valence-corrected chi connectivity index (χ3v) is 5.09. The molecule has 0 saturated heterocycles. The Morgan fingerprint density at radius 3 is 2.17 bits per heavy atom. The Kier molecular flexibility index (Phi) is 6.79. The Labute approximate surface area is 183 Å². The Morgan fingerprint density at radius 1 is 0.867 bits per heavy atom. The van der Waals surface area contributed by atoms with Crippen LogP contribution in [0.3, 0.4) is 0 Å². The molecule has 0 heterocycles.